The smallest absolute Gasteiger partial charge is 0.382 e. The molecule has 2 heterocycles. The molecule has 1 unspecified atom stereocenters. The number of hydrogen-bond donors (Lipinski definition) is 3. The molecule has 1 aliphatic heterocycles. The number of hydrogen-bond acceptors (Lipinski definition) is 6. The number of nitrogens with zero attached hydrogens (tertiary/aromatic N) is 3. The van der Waals surface area contributed by atoms with Gasteiger partial charge in [-0.2, -0.15) is 13.2 Å². The number of likely N-dealkylation sites (tertiary alicyclic amines) is 1. The summed E-state index contributed by atoms with van der Waals surface area (Å²) in [5, 5.41) is 5.45. The van der Waals surface area contributed by atoms with E-state index in [-0.39, 0.29) is 47.3 Å². The number of anilines is 2. The predicted molar refractivity (Wildman–Crippen MR) is 108 cm³/mol. The lowest BCUT2D eigenvalue weighted by molar-refractivity contribution is -0.137. The third kappa shape index (κ3) is 5.75. The summed E-state index contributed by atoms with van der Waals surface area (Å²) < 4.78 is 38.4. The Morgan fingerprint density at radius 1 is 1.29 bits per heavy atom. The Morgan fingerprint density at radius 2 is 2.06 bits per heavy atom. The van der Waals surface area contributed by atoms with Crippen LogP contribution in [0.4, 0.5) is 24.7 Å². The Morgan fingerprint density at radius 3 is 2.81 bits per heavy atom. The van der Waals surface area contributed by atoms with Crippen molar-refractivity contribution in [3.63, 3.8) is 0 Å². The molecular formula is C19H20ClF3N6O2. The first-order chi connectivity index (χ1) is 14.6. The van der Waals surface area contributed by atoms with Gasteiger partial charge in [-0.3, -0.25) is 9.59 Å². The molecule has 0 aliphatic carbocycles. The molecule has 12 heteroatoms. The minimum absolute atomic E-state index is 0.0112. The fraction of sp³-hybridized carbons (Fsp3) is 0.368. The van der Waals surface area contributed by atoms with Crippen molar-refractivity contribution in [3.8, 4) is 0 Å². The molecule has 0 spiro atoms. The van der Waals surface area contributed by atoms with Crippen molar-refractivity contribution in [3.05, 3.63) is 46.9 Å². The van der Waals surface area contributed by atoms with E-state index in [0.717, 1.165) is 18.5 Å². The van der Waals surface area contributed by atoms with Crippen molar-refractivity contribution in [2.45, 2.75) is 25.1 Å². The van der Waals surface area contributed by atoms with E-state index in [1.165, 1.54) is 12.1 Å². The van der Waals surface area contributed by atoms with E-state index in [9.17, 15) is 22.8 Å². The molecular weight excluding hydrogens is 437 g/mol. The van der Waals surface area contributed by atoms with Crippen molar-refractivity contribution in [1.29, 1.82) is 0 Å². The van der Waals surface area contributed by atoms with Crippen molar-refractivity contribution in [2.24, 2.45) is 0 Å². The summed E-state index contributed by atoms with van der Waals surface area (Å²) in [6, 6.07) is 4.31. The molecule has 1 fully saturated rings. The summed E-state index contributed by atoms with van der Waals surface area (Å²) in [6.45, 7) is 0.569. The van der Waals surface area contributed by atoms with Gasteiger partial charge < -0.3 is 21.3 Å². The number of alkyl halides is 3. The van der Waals surface area contributed by atoms with E-state index >= 15 is 0 Å². The molecule has 0 bridgehead atoms. The Labute approximate surface area is 181 Å². The lowest BCUT2D eigenvalue weighted by atomic mass is 10.1. The van der Waals surface area contributed by atoms with Crippen molar-refractivity contribution < 1.29 is 22.8 Å². The van der Waals surface area contributed by atoms with Crippen LogP contribution in [-0.4, -0.2) is 52.4 Å². The molecule has 166 valence electrons. The van der Waals surface area contributed by atoms with Crippen LogP contribution in [0.1, 0.15) is 28.9 Å². The molecule has 1 aromatic heterocycles. The SMILES string of the molecule is Nc1ncnc(C(=O)NC2CCCN(C(=O)CNc3cccc(C(F)(F)F)c3)C2)c1Cl. The van der Waals surface area contributed by atoms with Crippen LogP contribution in [-0.2, 0) is 11.0 Å². The van der Waals surface area contributed by atoms with Crippen LogP contribution in [0.3, 0.4) is 0 Å². The van der Waals surface area contributed by atoms with E-state index < -0.39 is 17.6 Å². The Hall–Kier alpha value is -3.08. The molecule has 1 atom stereocenters. The zero-order valence-electron chi connectivity index (χ0n) is 16.2. The highest BCUT2D eigenvalue weighted by molar-refractivity contribution is 6.35. The molecule has 8 nitrogen and oxygen atoms in total. The highest BCUT2D eigenvalue weighted by Crippen LogP contribution is 2.30. The Kier molecular flexibility index (Phi) is 6.84. The summed E-state index contributed by atoms with van der Waals surface area (Å²) in [4.78, 5) is 34.0. The molecule has 3 rings (SSSR count). The van der Waals surface area contributed by atoms with Crippen LogP contribution in [0.15, 0.2) is 30.6 Å². The molecule has 31 heavy (non-hydrogen) atoms. The third-order valence-corrected chi connectivity index (χ3v) is 5.15. The van der Waals surface area contributed by atoms with Crippen molar-refractivity contribution in [2.75, 3.05) is 30.7 Å². The van der Waals surface area contributed by atoms with E-state index in [0.29, 0.717) is 19.4 Å². The number of carbonyl (C=O) groups is 2. The Balaban J connectivity index is 1.56. The summed E-state index contributed by atoms with van der Waals surface area (Å²) in [5.41, 5.74) is 4.93. The second-order valence-corrected chi connectivity index (χ2v) is 7.38. The van der Waals surface area contributed by atoms with E-state index in [2.05, 4.69) is 20.6 Å². The zero-order valence-corrected chi connectivity index (χ0v) is 17.0. The molecule has 1 saturated heterocycles. The summed E-state index contributed by atoms with van der Waals surface area (Å²) in [6.07, 6.45) is -2.03. The van der Waals surface area contributed by atoms with Crippen molar-refractivity contribution >= 4 is 34.9 Å². The number of rotatable bonds is 5. The Bertz CT molecular complexity index is 972. The maximum absolute atomic E-state index is 12.8. The number of nitrogens with one attached hydrogen (secondary N) is 2. The van der Waals surface area contributed by atoms with Gasteiger partial charge in [0.1, 0.15) is 17.2 Å². The minimum atomic E-state index is -4.46. The number of nitrogens with two attached hydrogens (primary N) is 1. The second-order valence-electron chi connectivity index (χ2n) is 7.01. The first-order valence-corrected chi connectivity index (χ1v) is 9.78. The highest BCUT2D eigenvalue weighted by atomic mass is 35.5. The van der Waals surface area contributed by atoms with Crippen molar-refractivity contribution in [1.82, 2.24) is 20.2 Å². The monoisotopic (exact) mass is 456 g/mol. The quantitative estimate of drug-likeness (QED) is 0.637. The van der Waals surface area contributed by atoms with Gasteiger partial charge >= 0.3 is 6.18 Å². The maximum atomic E-state index is 12.8. The van der Waals surface area contributed by atoms with Gasteiger partial charge in [-0.15, -0.1) is 0 Å². The summed E-state index contributed by atoms with van der Waals surface area (Å²) in [7, 11) is 0. The van der Waals surface area contributed by atoms with Gasteiger partial charge in [0.05, 0.1) is 12.1 Å². The first-order valence-electron chi connectivity index (χ1n) is 9.41. The van der Waals surface area contributed by atoms with Crippen LogP contribution in [0.2, 0.25) is 5.02 Å². The van der Waals surface area contributed by atoms with Crippen LogP contribution >= 0.6 is 11.6 Å². The molecule has 1 aliphatic rings. The van der Waals surface area contributed by atoms with Crippen LogP contribution < -0.4 is 16.4 Å². The number of piperidine rings is 1. The largest absolute Gasteiger partial charge is 0.416 e. The molecule has 4 N–H and O–H groups in total. The number of nitrogen functional groups attached to an aromatic ring is 1. The predicted octanol–water partition coefficient (Wildman–Crippen LogP) is 2.56. The van der Waals surface area contributed by atoms with Crippen LogP contribution in [0.5, 0.6) is 0 Å². The summed E-state index contributed by atoms with van der Waals surface area (Å²) in [5.74, 6) is -0.830. The van der Waals surface area contributed by atoms with Gasteiger partial charge in [0, 0.05) is 24.8 Å². The molecule has 2 aromatic rings. The average Bonchev–Trinajstić information content (AvgIpc) is 2.73. The minimum Gasteiger partial charge on any atom is -0.382 e. The zero-order chi connectivity index (χ0) is 22.6. The molecule has 0 saturated carbocycles. The summed E-state index contributed by atoms with van der Waals surface area (Å²) >= 11 is 5.97. The third-order valence-electron chi connectivity index (χ3n) is 4.77. The maximum Gasteiger partial charge on any atom is 0.416 e. The lowest BCUT2D eigenvalue weighted by Gasteiger charge is -2.33. The number of carbonyl (C=O) groups excluding carboxylic acids is 2. The number of aromatic nitrogens is 2. The fourth-order valence-corrected chi connectivity index (χ4v) is 3.40. The van der Waals surface area contributed by atoms with Gasteiger partial charge in [0.15, 0.2) is 5.69 Å². The van der Waals surface area contributed by atoms with Gasteiger partial charge in [0.2, 0.25) is 5.91 Å². The number of benzene rings is 1. The van der Waals surface area contributed by atoms with Crippen LogP contribution in [0, 0.1) is 0 Å². The topological polar surface area (TPSA) is 113 Å². The normalized spacial score (nSPS) is 16.6. The van der Waals surface area contributed by atoms with E-state index in [1.54, 1.807) is 4.90 Å². The average molecular weight is 457 g/mol. The van der Waals surface area contributed by atoms with Gasteiger partial charge in [-0.1, -0.05) is 17.7 Å². The standard InChI is InChI=1S/C19H20ClF3N6O2/c20-15-16(26-10-27-17(15)24)18(31)28-13-5-2-6-29(9-13)14(30)8-25-12-4-1-3-11(7-12)19(21,22)23/h1,3-4,7,10,13,25H,2,5-6,8-9H2,(H,28,31)(H2,24,26,27). The number of amides is 2. The van der Waals surface area contributed by atoms with E-state index in [4.69, 9.17) is 17.3 Å². The first kappa shape index (κ1) is 22.6. The van der Waals surface area contributed by atoms with Crippen LogP contribution in [0.25, 0.3) is 0 Å². The molecule has 0 radical (unpaired) electrons. The molecule has 1 aromatic carbocycles. The lowest BCUT2D eigenvalue weighted by Crippen LogP contribution is -2.51. The van der Waals surface area contributed by atoms with Gasteiger partial charge in [-0.25, -0.2) is 9.97 Å². The number of halogens is 4. The van der Waals surface area contributed by atoms with Gasteiger partial charge in [-0.05, 0) is 31.0 Å². The highest BCUT2D eigenvalue weighted by Gasteiger charge is 2.30. The molecule has 2 amide bonds. The van der Waals surface area contributed by atoms with Gasteiger partial charge in [0.25, 0.3) is 5.91 Å². The second kappa shape index (κ2) is 9.38. The van der Waals surface area contributed by atoms with E-state index in [1.807, 2.05) is 0 Å². The fourth-order valence-electron chi connectivity index (χ4n) is 3.21.